The number of hydrogen-bond donors (Lipinski definition) is 2. The normalized spacial score (nSPS) is 17.1. The fourth-order valence-electron chi connectivity index (χ4n) is 3.47. The van der Waals surface area contributed by atoms with Gasteiger partial charge in [0.25, 0.3) is 5.56 Å². The Balaban J connectivity index is 1.89. The van der Waals surface area contributed by atoms with Crippen LogP contribution in [-0.2, 0) is 34.3 Å². The lowest BCUT2D eigenvalue weighted by Gasteiger charge is -2.28. The number of nitrogens with zero attached hydrogens (tertiary/aromatic N) is 4. The Labute approximate surface area is 185 Å². The van der Waals surface area contributed by atoms with Crippen LogP contribution in [0, 0.1) is 5.82 Å². The highest BCUT2D eigenvalue weighted by atomic mass is 32.2. The Hall–Kier alpha value is -2.83. The van der Waals surface area contributed by atoms with Crippen molar-refractivity contribution in [3.63, 3.8) is 0 Å². The van der Waals surface area contributed by atoms with Crippen LogP contribution in [-0.4, -0.2) is 71.6 Å². The Kier molecular flexibility index (Phi) is 6.96. The maximum atomic E-state index is 13.0. The molecule has 1 aliphatic rings. The zero-order valence-corrected chi connectivity index (χ0v) is 18.9. The van der Waals surface area contributed by atoms with Gasteiger partial charge in [0.2, 0.25) is 21.7 Å². The third kappa shape index (κ3) is 5.31. The minimum atomic E-state index is -3.60. The summed E-state index contributed by atoms with van der Waals surface area (Å²) in [4.78, 5) is 31.5. The summed E-state index contributed by atoms with van der Waals surface area (Å²) < 4.78 is 39.7. The molecule has 1 aromatic heterocycles. The molecule has 0 saturated carbocycles. The van der Waals surface area contributed by atoms with E-state index in [4.69, 9.17) is 0 Å². The number of likely N-dealkylation sites (N-methyl/N-ethyl adjacent to an activating group) is 2. The topological polar surface area (TPSA) is 125 Å². The van der Waals surface area contributed by atoms with Gasteiger partial charge in [-0.3, -0.25) is 14.2 Å². The standard InChI is InChI=1S/C20H26FN5O5S/c1-24-8-9-26-19(16(12-24)25(2)32(3,30)31)23-15(18(28)20(26)29)10-17(27)22-11-13-4-6-14(21)7-5-13/h4-7,16,28H,8-12H2,1-3H3,(H,22,27). The minimum absolute atomic E-state index is 0.130. The molecule has 0 fully saturated rings. The number of fused-ring (bicyclic) bond motifs is 1. The summed E-state index contributed by atoms with van der Waals surface area (Å²) in [5.41, 5.74) is -0.176. The molecule has 0 spiro atoms. The molecule has 1 aromatic carbocycles. The highest BCUT2D eigenvalue weighted by Gasteiger charge is 2.33. The fraction of sp³-hybridized carbons (Fsp3) is 0.450. The van der Waals surface area contributed by atoms with E-state index in [1.165, 1.54) is 35.9 Å². The van der Waals surface area contributed by atoms with E-state index >= 15 is 0 Å². The van der Waals surface area contributed by atoms with Gasteiger partial charge in [0.05, 0.1) is 24.4 Å². The molecule has 0 bridgehead atoms. The predicted octanol–water partition coefficient (Wildman–Crippen LogP) is -0.175. The maximum absolute atomic E-state index is 13.0. The Morgan fingerprint density at radius 2 is 1.97 bits per heavy atom. The van der Waals surface area contributed by atoms with Crippen molar-refractivity contribution in [3.05, 3.63) is 57.5 Å². The summed E-state index contributed by atoms with van der Waals surface area (Å²) in [6.45, 7) is 1.10. The van der Waals surface area contributed by atoms with Gasteiger partial charge >= 0.3 is 0 Å². The summed E-state index contributed by atoms with van der Waals surface area (Å²) in [6.07, 6.45) is 0.686. The first-order valence-electron chi connectivity index (χ1n) is 9.92. The van der Waals surface area contributed by atoms with Crippen molar-refractivity contribution >= 4 is 15.9 Å². The van der Waals surface area contributed by atoms with Gasteiger partial charge in [-0.1, -0.05) is 12.1 Å². The quantitative estimate of drug-likeness (QED) is 0.604. The number of carbonyl (C=O) groups excluding carboxylic acids is 1. The minimum Gasteiger partial charge on any atom is -0.502 e. The van der Waals surface area contributed by atoms with Crippen molar-refractivity contribution < 1.29 is 22.7 Å². The van der Waals surface area contributed by atoms with Crippen molar-refractivity contribution in [2.24, 2.45) is 0 Å². The molecule has 12 heteroatoms. The molecule has 1 unspecified atom stereocenters. The van der Waals surface area contributed by atoms with E-state index in [1.807, 2.05) is 4.90 Å². The summed E-state index contributed by atoms with van der Waals surface area (Å²) in [7, 11) is -0.407. The highest BCUT2D eigenvalue weighted by molar-refractivity contribution is 7.88. The molecular weight excluding hydrogens is 441 g/mol. The van der Waals surface area contributed by atoms with E-state index in [9.17, 15) is 27.5 Å². The molecule has 2 N–H and O–H groups in total. The lowest BCUT2D eigenvalue weighted by Crippen LogP contribution is -2.39. The fourth-order valence-corrected chi connectivity index (χ4v) is 4.09. The third-order valence-electron chi connectivity index (χ3n) is 5.43. The zero-order valence-electron chi connectivity index (χ0n) is 18.1. The van der Waals surface area contributed by atoms with E-state index in [0.29, 0.717) is 12.1 Å². The first-order chi connectivity index (χ1) is 15.0. The van der Waals surface area contributed by atoms with Crippen molar-refractivity contribution in [1.82, 2.24) is 24.1 Å². The molecule has 0 radical (unpaired) electrons. The average Bonchev–Trinajstić information content (AvgIpc) is 2.89. The van der Waals surface area contributed by atoms with Gasteiger partial charge in [-0.05, 0) is 24.7 Å². The number of benzene rings is 1. The molecule has 10 nitrogen and oxygen atoms in total. The number of carbonyl (C=O) groups is 1. The first kappa shape index (κ1) is 23.8. The molecule has 0 aliphatic carbocycles. The van der Waals surface area contributed by atoms with E-state index in [-0.39, 0.29) is 43.4 Å². The summed E-state index contributed by atoms with van der Waals surface area (Å²) in [6, 6.07) is 4.84. The number of rotatable bonds is 6. The number of aromatic nitrogens is 2. The van der Waals surface area contributed by atoms with E-state index in [0.717, 1.165) is 10.6 Å². The lowest BCUT2D eigenvalue weighted by atomic mass is 10.2. The van der Waals surface area contributed by atoms with Crippen LogP contribution in [0.5, 0.6) is 5.75 Å². The van der Waals surface area contributed by atoms with E-state index in [2.05, 4.69) is 10.3 Å². The molecule has 2 aromatic rings. The van der Waals surface area contributed by atoms with Gasteiger partial charge in [0.1, 0.15) is 11.6 Å². The average molecular weight is 468 g/mol. The smallest absolute Gasteiger partial charge is 0.296 e. The largest absolute Gasteiger partial charge is 0.502 e. The summed E-state index contributed by atoms with van der Waals surface area (Å²) in [5.74, 6) is -1.36. The van der Waals surface area contributed by atoms with Gasteiger partial charge in [-0.2, -0.15) is 4.31 Å². The van der Waals surface area contributed by atoms with Crippen LogP contribution in [0.1, 0.15) is 23.1 Å². The molecule has 1 atom stereocenters. The van der Waals surface area contributed by atoms with E-state index < -0.39 is 33.3 Å². The number of halogens is 1. The maximum Gasteiger partial charge on any atom is 0.296 e. The molecule has 1 aliphatic heterocycles. The summed E-state index contributed by atoms with van der Waals surface area (Å²) >= 11 is 0. The second-order valence-corrected chi connectivity index (χ2v) is 9.90. The SMILES string of the molecule is CN1CCn2c(nc(CC(=O)NCc3ccc(F)cc3)c(O)c2=O)C(N(C)S(C)(=O)=O)C1. The van der Waals surface area contributed by atoms with Crippen LogP contribution < -0.4 is 10.9 Å². The van der Waals surface area contributed by atoms with Gasteiger partial charge in [-0.25, -0.2) is 17.8 Å². The number of amides is 1. The lowest BCUT2D eigenvalue weighted by molar-refractivity contribution is -0.120. The first-order valence-corrected chi connectivity index (χ1v) is 11.8. The third-order valence-corrected chi connectivity index (χ3v) is 6.73. The second-order valence-electron chi connectivity index (χ2n) is 7.86. The Morgan fingerprint density at radius 3 is 2.59 bits per heavy atom. The number of nitrogens with one attached hydrogen (secondary N) is 1. The Morgan fingerprint density at radius 1 is 1.31 bits per heavy atom. The van der Waals surface area contributed by atoms with Crippen molar-refractivity contribution in [2.45, 2.75) is 25.6 Å². The van der Waals surface area contributed by atoms with Crippen molar-refractivity contribution in [3.8, 4) is 5.75 Å². The van der Waals surface area contributed by atoms with Crippen LogP contribution >= 0.6 is 0 Å². The molecule has 0 saturated heterocycles. The highest BCUT2D eigenvalue weighted by Crippen LogP contribution is 2.25. The number of hydrogen-bond acceptors (Lipinski definition) is 7. The monoisotopic (exact) mass is 467 g/mol. The van der Waals surface area contributed by atoms with Gasteiger partial charge in [0.15, 0.2) is 0 Å². The second kappa shape index (κ2) is 9.35. The molecular formula is C20H26FN5O5S. The molecule has 32 heavy (non-hydrogen) atoms. The van der Waals surface area contributed by atoms with Gasteiger partial charge < -0.3 is 15.3 Å². The van der Waals surface area contributed by atoms with Crippen LogP contribution in [0.15, 0.2) is 29.1 Å². The molecule has 2 heterocycles. The molecule has 3 rings (SSSR count). The molecule has 1 amide bonds. The summed E-state index contributed by atoms with van der Waals surface area (Å²) in [5, 5.41) is 13.0. The number of sulfonamides is 1. The van der Waals surface area contributed by atoms with Crippen LogP contribution in [0.3, 0.4) is 0 Å². The van der Waals surface area contributed by atoms with Gasteiger partial charge in [-0.15, -0.1) is 0 Å². The van der Waals surface area contributed by atoms with Crippen LogP contribution in [0.2, 0.25) is 0 Å². The van der Waals surface area contributed by atoms with E-state index in [1.54, 1.807) is 7.05 Å². The van der Waals surface area contributed by atoms with Crippen LogP contribution in [0.25, 0.3) is 0 Å². The Bertz CT molecular complexity index is 1170. The van der Waals surface area contributed by atoms with Crippen molar-refractivity contribution in [1.29, 1.82) is 0 Å². The predicted molar refractivity (Wildman–Crippen MR) is 115 cm³/mol. The molecule has 174 valence electrons. The number of aromatic hydroxyl groups is 1. The van der Waals surface area contributed by atoms with Crippen molar-refractivity contribution in [2.75, 3.05) is 33.4 Å². The zero-order chi connectivity index (χ0) is 23.6. The van der Waals surface area contributed by atoms with Gasteiger partial charge in [0, 0.05) is 33.2 Å². The van der Waals surface area contributed by atoms with Crippen LogP contribution in [0.4, 0.5) is 4.39 Å².